The molecule has 2 unspecified atom stereocenters. The Kier molecular flexibility index (Phi) is 7.32. The van der Waals surface area contributed by atoms with Gasteiger partial charge in [0.25, 0.3) is 0 Å². The van der Waals surface area contributed by atoms with E-state index < -0.39 is 0 Å². The number of nitrogens with one attached hydrogen (secondary N) is 1. The molecule has 1 N–H and O–H groups in total. The zero-order chi connectivity index (χ0) is 14.3. The Morgan fingerprint density at radius 2 is 1.89 bits per heavy atom. The fourth-order valence-corrected chi connectivity index (χ4v) is 3.42. The Morgan fingerprint density at radius 1 is 1.21 bits per heavy atom. The number of nitrogens with zero attached hydrogens (tertiary/aromatic N) is 1. The van der Waals surface area contributed by atoms with Gasteiger partial charge in [0.15, 0.2) is 0 Å². The smallest absolute Gasteiger partial charge is 0.0414 e. The van der Waals surface area contributed by atoms with Crippen LogP contribution >= 0.6 is 11.8 Å². The van der Waals surface area contributed by atoms with Crippen LogP contribution in [0.2, 0.25) is 0 Å². The van der Waals surface area contributed by atoms with Crippen molar-refractivity contribution in [2.24, 2.45) is 0 Å². The summed E-state index contributed by atoms with van der Waals surface area (Å²) in [6.45, 7) is 4.51. The van der Waals surface area contributed by atoms with E-state index in [4.69, 9.17) is 0 Å². The predicted octanol–water partition coefficient (Wildman–Crippen LogP) is 3.93. The molecule has 0 aliphatic heterocycles. The van der Waals surface area contributed by atoms with E-state index in [1.54, 1.807) is 0 Å². The molecule has 0 spiro atoms. The molecule has 19 heavy (non-hydrogen) atoms. The van der Waals surface area contributed by atoms with Gasteiger partial charge in [-0.2, -0.15) is 11.8 Å². The molecule has 108 valence electrons. The standard InChI is InChI=1S/C16H28N2S/c1-6-13(12-19-5)18(4)16-11-9-8-10-14(16)15(7-2)17-3/h8-11,13,15,17H,6-7,12H2,1-5H3. The molecule has 2 atom stereocenters. The molecule has 1 aromatic rings. The van der Waals surface area contributed by atoms with E-state index in [0.717, 1.165) is 6.42 Å². The Bertz CT molecular complexity index is 364. The van der Waals surface area contributed by atoms with Gasteiger partial charge in [0.2, 0.25) is 0 Å². The van der Waals surface area contributed by atoms with Gasteiger partial charge in [-0.25, -0.2) is 0 Å². The number of anilines is 1. The average Bonchev–Trinajstić information content (AvgIpc) is 2.46. The van der Waals surface area contributed by atoms with Crippen LogP contribution in [0, 0.1) is 0 Å². The molecule has 0 saturated carbocycles. The lowest BCUT2D eigenvalue weighted by atomic mass is 10.0. The van der Waals surface area contributed by atoms with Crippen molar-refractivity contribution in [2.45, 2.75) is 38.8 Å². The maximum Gasteiger partial charge on any atom is 0.0414 e. The first-order chi connectivity index (χ1) is 9.19. The van der Waals surface area contributed by atoms with Gasteiger partial charge >= 0.3 is 0 Å². The summed E-state index contributed by atoms with van der Waals surface area (Å²) in [7, 11) is 4.27. The normalized spacial score (nSPS) is 14.2. The Balaban J connectivity index is 3.04. The summed E-state index contributed by atoms with van der Waals surface area (Å²) in [6, 6.07) is 9.82. The minimum atomic E-state index is 0.436. The van der Waals surface area contributed by atoms with Crippen LogP contribution in [-0.4, -0.2) is 32.1 Å². The van der Waals surface area contributed by atoms with Gasteiger partial charge in [-0.3, -0.25) is 0 Å². The largest absolute Gasteiger partial charge is 0.371 e. The fraction of sp³-hybridized carbons (Fsp3) is 0.625. The molecule has 0 aliphatic rings. The average molecular weight is 280 g/mol. The van der Waals surface area contributed by atoms with Crippen LogP contribution in [0.1, 0.15) is 38.3 Å². The molecular weight excluding hydrogens is 252 g/mol. The van der Waals surface area contributed by atoms with Crippen molar-refractivity contribution in [3.63, 3.8) is 0 Å². The molecule has 0 bridgehead atoms. The van der Waals surface area contributed by atoms with E-state index in [1.807, 2.05) is 18.8 Å². The van der Waals surface area contributed by atoms with E-state index >= 15 is 0 Å². The van der Waals surface area contributed by atoms with Crippen LogP contribution in [0.15, 0.2) is 24.3 Å². The second-order valence-corrected chi connectivity index (χ2v) is 5.85. The van der Waals surface area contributed by atoms with Crippen molar-refractivity contribution in [2.75, 3.05) is 31.0 Å². The van der Waals surface area contributed by atoms with Gasteiger partial charge < -0.3 is 10.2 Å². The van der Waals surface area contributed by atoms with Gasteiger partial charge in [-0.1, -0.05) is 32.0 Å². The maximum absolute atomic E-state index is 3.42. The SMILES string of the molecule is CCC(NC)c1ccccc1N(C)C(CC)CSC. The molecule has 1 rings (SSSR count). The Morgan fingerprint density at radius 3 is 2.42 bits per heavy atom. The number of rotatable bonds is 8. The fourth-order valence-electron chi connectivity index (χ4n) is 2.58. The molecule has 0 fully saturated rings. The van der Waals surface area contributed by atoms with E-state index in [2.05, 4.69) is 61.6 Å². The van der Waals surface area contributed by atoms with E-state index in [-0.39, 0.29) is 0 Å². The number of benzene rings is 1. The second-order valence-electron chi connectivity index (χ2n) is 4.94. The van der Waals surface area contributed by atoms with Crippen molar-refractivity contribution in [1.82, 2.24) is 5.32 Å². The van der Waals surface area contributed by atoms with Crippen molar-refractivity contribution in [3.05, 3.63) is 29.8 Å². The minimum absolute atomic E-state index is 0.436. The summed E-state index contributed by atoms with van der Waals surface area (Å²) < 4.78 is 0. The van der Waals surface area contributed by atoms with Gasteiger partial charge in [-0.05, 0) is 37.8 Å². The molecule has 0 radical (unpaired) electrons. The predicted molar refractivity (Wildman–Crippen MR) is 89.4 cm³/mol. The lowest BCUT2D eigenvalue weighted by Crippen LogP contribution is -2.34. The monoisotopic (exact) mass is 280 g/mol. The van der Waals surface area contributed by atoms with E-state index in [9.17, 15) is 0 Å². The maximum atomic E-state index is 3.42. The van der Waals surface area contributed by atoms with Crippen molar-refractivity contribution < 1.29 is 0 Å². The first-order valence-electron chi connectivity index (χ1n) is 7.17. The second kappa shape index (κ2) is 8.49. The van der Waals surface area contributed by atoms with E-state index in [0.29, 0.717) is 12.1 Å². The summed E-state index contributed by atoms with van der Waals surface area (Å²) >= 11 is 1.93. The lowest BCUT2D eigenvalue weighted by molar-refractivity contribution is 0.571. The summed E-state index contributed by atoms with van der Waals surface area (Å²) in [4.78, 5) is 2.45. The summed E-state index contributed by atoms with van der Waals surface area (Å²) in [5, 5.41) is 3.42. The first kappa shape index (κ1) is 16.4. The number of hydrogen-bond acceptors (Lipinski definition) is 3. The summed E-state index contributed by atoms with van der Waals surface area (Å²) in [6.07, 6.45) is 4.48. The van der Waals surface area contributed by atoms with Crippen LogP contribution in [0.3, 0.4) is 0 Å². The molecular formula is C16H28N2S. The van der Waals surface area contributed by atoms with Gasteiger partial charge in [0.05, 0.1) is 0 Å². The van der Waals surface area contributed by atoms with Crippen LogP contribution < -0.4 is 10.2 Å². The quantitative estimate of drug-likeness (QED) is 0.776. The summed E-state index contributed by atoms with van der Waals surface area (Å²) in [5.74, 6) is 1.18. The molecule has 0 aliphatic carbocycles. The molecule has 3 heteroatoms. The summed E-state index contributed by atoms with van der Waals surface area (Å²) in [5.41, 5.74) is 2.78. The van der Waals surface area contributed by atoms with Gasteiger partial charge in [-0.15, -0.1) is 0 Å². The molecule has 2 nitrogen and oxygen atoms in total. The van der Waals surface area contributed by atoms with Gasteiger partial charge in [0, 0.05) is 30.6 Å². The van der Waals surface area contributed by atoms with Crippen molar-refractivity contribution >= 4 is 17.4 Å². The van der Waals surface area contributed by atoms with Crippen LogP contribution in [-0.2, 0) is 0 Å². The van der Waals surface area contributed by atoms with Crippen molar-refractivity contribution in [1.29, 1.82) is 0 Å². The third kappa shape index (κ3) is 4.15. The highest BCUT2D eigenvalue weighted by Gasteiger charge is 2.18. The highest BCUT2D eigenvalue weighted by molar-refractivity contribution is 7.98. The van der Waals surface area contributed by atoms with Crippen molar-refractivity contribution in [3.8, 4) is 0 Å². The zero-order valence-electron chi connectivity index (χ0n) is 12.9. The minimum Gasteiger partial charge on any atom is -0.371 e. The third-order valence-electron chi connectivity index (χ3n) is 3.83. The number of hydrogen-bond donors (Lipinski definition) is 1. The van der Waals surface area contributed by atoms with Gasteiger partial charge in [0.1, 0.15) is 0 Å². The number of thioether (sulfide) groups is 1. The van der Waals surface area contributed by atoms with E-state index in [1.165, 1.54) is 23.4 Å². The molecule has 0 saturated heterocycles. The molecule has 0 heterocycles. The lowest BCUT2D eigenvalue weighted by Gasteiger charge is -2.32. The molecule has 0 amide bonds. The van der Waals surface area contributed by atoms with Crippen LogP contribution in [0.4, 0.5) is 5.69 Å². The third-order valence-corrected chi connectivity index (χ3v) is 4.55. The number of para-hydroxylation sites is 1. The highest BCUT2D eigenvalue weighted by Crippen LogP contribution is 2.29. The zero-order valence-corrected chi connectivity index (χ0v) is 13.8. The Hall–Kier alpha value is -0.670. The topological polar surface area (TPSA) is 15.3 Å². The molecule has 0 aromatic heterocycles. The van der Waals surface area contributed by atoms with Crippen LogP contribution in [0.25, 0.3) is 0 Å². The first-order valence-corrected chi connectivity index (χ1v) is 8.56. The Labute approximate surface area is 123 Å². The molecule has 1 aromatic carbocycles. The highest BCUT2D eigenvalue weighted by atomic mass is 32.2. The van der Waals surface area contributed by atoms with Crippen LogP contribution in [0.5, 0.6) is 0 Å².